The highest BCUT2D eigenvalue weighted by atomic mass is 16.5. The molecule has 0 aliphatic carbocycles. The molecule has 0 saturated carbocycles. The number of hydrogen-bond donors (Lipinski definition) is 2. The molecule has 0 amide bonds. The number of nitrogens with zero attached hydrogens (tertiary/aromatic N) is 2. The van der Waals surface area contributed by atoms with Crippen LogP contribution in [0.1, 0.15) is 0 Å². The smallest absolute Gasteiger partial charge is 0.325 e. The number of nitrogens with one attached hydrogen (secondary N) is 1. The van der Waals surface area contributed by atoms with Gasteiger partial charge in [0.25, 0.3) is 0 Å². The summed E-state index contributed by atoms with van der Waals surface area (Å²) in [7, 11) is 1.32. The van der Waals surface area contributed by atoms with Gasteiger partial charge in [0.05, 0.1) is 7.11 Å². The molecule has 70 valence electrons. The number of nitrogen functional groups attached to an aromatic ring is 1. The third-order valence-corrected chi connectivity index (χ3v) is 1.32. The molecule has 0 fully saturated rings. The summed E-state index contributed by atoms with van der Waals surface area (Å²) in [6.07, 6.45) is 1.50. The lowest BCUT2D eigenvalue weighted by Crippen LogP contribution is -2.16. The van der Waals surface area contributed by atoms with Gasteiger partial charge < -0.3 is 15.8 Å². The Bertz CT molecular complexity index is 302. The van der Waals surface area contributed by atoms with Crippen molar-refractivity contribution in [1.29, 1.82) is 0 Å². The number of carbonyl (C=O) groups excluding carboxylic acids is 1. The van der Waals surface area contributed by atoms with Crippen LogP contribution >= 0.6 is 0 Å². The minimum Gasteiger partial charge on any atom is -0.468 e. The second kappa shape index (κ2) is 4.24. The molecular weight excluding hydrogens is 172 g/mol. The first kappa shape index (κ1) is 9.24. The average Bonchev–Trinajstić information content (AvgIpc) is 2.14. The molecule has 1 heterocycles. The van der Waals surface area contributed by atoms with Gasteiger partial charge in [-0.25, -0.2) is 4.98 Å². The fourth-order valence-electron chi connectivity index (χ4n) is 0.707. The first-order chi connectivity index (χ1) is 6.22. The van der Waals surface area contributed by atoms with Gasteiger partial charge in [-0.15, -0.1) is 0 Å². The van der Waals surface area contributed by atoms with Crippen molar-refractivity contribution >= 4 is 17.7 Å². The Balaban J connectivity index is 2.50. The van der Waals surface area contributed by atoms with Crippen molar-refractivity contribution in [2.24, 2.45) is 0 Å². The first-order valence-corrected chi connectivity index (χ1v) is 3.61. The lowest BCUT2D eigenvalue weighted by atomic mass is 10.5. The number of anilines is 2. The minimum absolute atomic E-state index is 0.0625. The third kappa shape index (κ3) is 2.94. The maximum absolute atomic E-state index is 10.7. The summed E-state index contributed by atoms with van der Waals surface area (Å²) in [5, 5.41) is 2.73. The molecule has 0 radical (unpaired) electrons. The van der Waals surface area contributed by atoms with Gasteiger partial charge in [0.2, 0.25) is 5.95 Å². The fourth-order valence-corrected chi connectivity index (χ4v) is 0.707. The zero-order chi connectivity index (χ0) is 9.68. The van der Waals surface area contributed by atoms with Crippen LogP contribution in [0.15, 0.2) is 12.3 Å². The van der Waals surface area contributed by atoms with Crippen LogP contribution in [-0.2, 0) is 9.53 Å². The highest BCUT2D eigenvalue weighted by Crippen LogP contribution is 2.01. The average molecular weight is 182 g/mol. The molecule has 1 aromatic rings. The number of rotatable bonds is 3. The summed E-state index contributed by atoms with van der Waals surface area (Å²) in [4.78, 5) is 18.2. The summed E-state index contributed by atoms with van der Waals surface area (Å²) in [5.41, 5.74) is 5.32. The molecule has 0 atom stereocenters. The van der Waals surface area contributed by atoms with Crippen LogP contribution in [0.25, 0.3) is 0 Å². The predicted molar refractivity (Wildman–Crippen MR) is 47.0 cm³/mol. The van der Waals surface area contributed by atoms with Crippen LogP contribution in [0.5, 0.6) is 0 Å². The quantitative estimate of drug-likeness (QED) is 0.620. The number of nitrogens with two attached hydrogens (primary N) is 1. The van der Waals surface area contributed by atoms with Gasteiger partial charge in [0.15, 0.2) is 0 Å². The molecule has 1 rings (SSSR count). The molecule has 13 heavy (non-hydrogen) atoms. The lowest BCUT2D eigenvalue weighted by Gasteiger charge is -2.03. The summed E-state index contributed by atoms with van der Waals surface area (Å²) in [6, 6.07) is 1.61. The van der Waals surface area contributed by atoms with E-state index in [1.54, 1.807) is 6.07 Å². The first-order valence-electron chi connectivity index (χ1n) is 3.61. The predicted octanol–water partition coefficient (Wildman–Crippen LogP) is -0.356. The maximum Gasteiger partial charge on any atom is 0.325 e. The van der Waals surface area contributed by atoms with E-state index in [1.807, 2.05) is 0 Å². The van der Waals surface area contributed by atoms with Crippen LogP contribution in [0.3, 0.4) is 0 Å². The van der Waals surface area contributed by atoms with E-state index in [4.69, 9.17) is 5.73 Å². The van der Waals surface area contributed by atoms with Gasteiger partial charge in [-0.2, -0.15) is 4.98 Å². The Hall–Kier alpha value is -1.85. The topological polar surface area (TPSA) is 90.1 Å². The summed E-state index contributed by atoms with van der Waals surface area (Å²) < 4.78 is 4.43. The monoisotopic (exact) mass is 182 g/mol. The third-order valence-electron chi connectivity index (χ3n) is 1.32. The van der Waals surface area contributed by atoms with E-state index in [0.717, 1.165) is 0 Å². The Morgan fingerprint density at radius 3 is 3.15 bits per heavy atom. The van der Waals surface area contributed by atoms with Gasteiger partial charge in [0.1, 0.15) is 12.4 Å². The van der Waals surface area contributed by atoms with Gasteiger partial charge in [-0.1, -0.05) is 0 Å². The summed E-state index contributed by atoms with van der Waals surface area (Å²) in [5.74, 6) is 0.296. The molecule has 6 heteroatoms. The second-order valence-corrected chi connectivity index (χ2v) is 2.23. The van der Waals surface area contributed by atoms with E-state index in [-0.39, 0.29) is 18.5 Å². The minimum atomic E-state index is -0.364. The van der Waals surface area contributed by atoms with Crippen LogP contribution in [-0.4, -0.2) is 29.6 Å². The van der Waals surface area contributed by atoms with Gasteiger partial charge in [-0.05, 0) is 6.07 Å². The molecule has 0 aliphatic heterocycles. The number of aromatic nitrogens is 2. The maximum atomic E-state index is 10.7. The van der Waals surface area contributed by atoms with Crippen molar-refractivity contribution in [3.05, 3.63) is 12.3 Å². The van der Waals surface area contributed by atoms with E-state index in [0.29, 0.717) is 5.82 Å². The number of esters is 1. The standard InChI is InChI=1S/C7H10N4O2/c1-13-6(12)4-10-5-2-3-9-7(8)11-5/h2-3H,4H2,1H3,(H3,8,9,10,11). The largest absolute Gasteiger partial charge is 0.468 e. The molecule has 3 N–H and O–H groups in total. The van der Waals surface area contributed by atoms with E-state index < -0.39 is 0 Å². The van der Waals surface area contributed by atoms with Crippen molar-refractivity contribution in [3.63, 3.8) is 0 Å². The van der Waals surface area contributed by atoms with E-state index in [1.165, 1.54) is 13.3 Å². The fraction of sp³-hybridized carbons (Fsp3) is 0.286. The number of hydrogen-bond acceptors (Lipinski definition) is 6. The van der Waals surface area contributed by atoms with Crippen molar-refractivity contribution in [2.45, 2.75) is 0 Å². The van der Waals surface area contributed by atoms with Gasteiger partial charge in [-0.3, -0.25) is 4.79 Å². The number of carbonyl (C=O) groups is 1. The molecule has 6 nitrogen and oxygen atoms in total. The Kier molecular flexibility index (Phi) is 3.02. The second-order valence-electron chi connectivity index (χ2n) is 2.23. The van der Waals surface area contributed by atoms with Crippen LogP contribution < -0.4 is 11.1 Å². The SMILES string of the molecule is COC(=O)CNc1ccnc(N)n1. The van der Waals surface area contributed by atoms with Crippen LogP contribution in [0.2, 0.25) is 0 Å². The highest BCUT2D eigenvalue weighted by molar-refractivity contribution is 5.74. The normalized spacial score (nSPS) is 9.31. The molecule has 0 saturated heterocycles. The van der Waals surface area contributed by atoms with Crippen LogP contribution in [0, 0.1) is 0 Å². The zero-order valence-electron chi connectivity index (χ0n) is 7.15. The Labute approximate surface area is 75.1 Å². The Morgan fingerprint density at radius 1 is 1.77 bits per heavy atom. The Morgan fingerprint density at radius 2 is 2.54 bits per heavy atom. The highest BCUT2D eigenvalue weighted by Gasteiger charge is 2.00. The molecule has 0 unspecified atom stereocenters. The van der Waals surface area contributed by atoms with Gasteiger partial charge >= 0.3 is 5.97 Å². The molecular formula is C7H10N4O2. The molecule has 0 spiro atoms. The van der Waals surface area contributed by atoms with Crippen LogP contribution in [0.4, 0.5) is 11.8 Å². The summed E-state index contributed by atoms with van der Waals surface area (Å²) in [6.45, 7) is 0.0625. The molecule has 0 aromatic carbocycles. The van der Waals surface area contributed by atoms with E-state index in [9.17, 15) is 4.79 Å². The summed E-state index contributed by atoms with van der Waals surface area (Å²) >= 11 is 0. The molecule has 1 aromatic heterocycles. The van der Waals surface area contributed by atoms with Crippen molar-refractivity contribution in [3.8, 4) is 0 Å². The van der Waals surface area contributed by atoms with E-state index >= 15 is 0 Å². The van der Waals surface area contributed by atoms with Crippen molar-refractivity contribution < 1.29 is 9.53 Å². The zero-order valence-corrected chi connectivity index (χ0v) is 7.15. The number of ether oxygens (including phenoxy) is 1. The molecule has 0 bridgehead atoms. The van der Waals surface area contributed by atoms with Crippen molar-refractivity contribution in [1.82, 2.24) is 9.97 Å². The van der Waals surface area contributed by atoms with Gasteiger partial charge in [0, 0.05) is 6.20 Å². The van der Waals surface area contributed by atoms with Crippen molar-refractivity contribution in [2.75, 3.05) is 24.7 Å². The molecule has 0 aliphatic rings. The van der Waals surface area contributed by atoms with E-state index in [2.05, 4.69) is 20.0 Å². The lowest BCUT2D eigenvalue weighted by molar-refractivity contribution is -0.138. The number of methoxy groups -OCH3 is 1.